The fourth-order valence-electron chi connectivity index (χ4n) is 0.528. The van der Waals surface area contributed by atoms with Crippen LogP contribution in [0, 0.1) is 0 Å². The van der Waals surface area contributed by atoms with Gasteiger partial charge in [0.25, 0.3) is 0 Å². The molecule has 0 aliphatic heterocycles. The topological polar surface area (TPSA) is 138 Å². The third-order valence-electron chi connectivity index (χ3n) is 1.27. The number of hydrogen-bond acceptors (Lipinski definition) is 6. The largest absolute Gasteiger partial charge is 0.481 e. The summed E-state index contributed by atoms with van der Waals surface area (Å²) in [5, 5.41) is 24.1. The first kappa shape index (κ1) is 17.4. The molecule has 1 unspecified atom stereocenters. The molecule has 0 aromatic carbocycles. The van der Waals surface area contributed by atoms with Crippen LogP contribution in [0.2, 0.25) is 0 Å². The smallest absolute Gasteiger partial charge is 0.333 e. The number of methoxy groups -OCH3 is 1. The molecule has 0 aromatic heterocycles. The standard InChI is InChI=1S/C5H8O3.C4H6O5/c1-4(6)3-5(7)8-2;5-2(4(8)9)1-3(6)7/h3H2,1-2H3;2,5H,1H2,(H,6,7)(H,8,9). The number of aliphatic hydroxyl groups is 1. The van der Waals surface area contributed by atoms with Gasteiger partial charge in [0.1, 0.15) is 12.2 Å². The minimum Gasteiger partial charge on any atom is -0.481 e. The molecular weight excluding hydrogens is 236 g/mol. The molecule has 0 saturated heterocycles. The van der Waals surface area contributed by atoms with Gasteiger partial charge in [-0.3, -0.25) is 14.4 Å². The molecule has 0 bridgehead atoms. The van der Waals surface area contributed by atoms with Crippen molar-refractivity contribution in [1.29, 1.82) is 0 Å². The molecular formula is C9H14O8. The van der Waals surface area contributed by atoms with Gasteiger partial charge in [0.2, 0.25) is 0 Å². The first-order valence-electron chi connectivity index (χ1n) is 4.39. The Morgan fingerprint density at radius 2 is 1.65 bits per heavy atom. The Labute approximate surface area is 96.8 Å². The Bertz CT molecular complexity index is 295. The number of hydrogen-bond donors (Lipinski definition) is 3. The number of carbonyl (C=O) groups excluding carboxylic acids is 2. The molecule has 8 nitrogen and oxygen atoms in total. The highest BCUT2D eigenvalue weighted by Crippen LogP contribution is 1.89. The number of aliphatic carboxylic acids is 2. The average Bonchev–Trinajstić information content (AvgIpc) is 2.16. The van der Waals surface area contributed by atoms with Crippen LogP contribution in [0.4, 0.5) is 0 Å². The lowest BCUT2D eigenvalue weighted by atomic mass is 10.3. The first-order valence-corrected chi connectivity index (χ1v) is 4.39. The second kappa shape index (κ2) is 9.28. The Morgan fingerprint density at radius 1 is 1.18 bits per heavy atom. The van der Waals surface area contributed by atoms with Gasteiger partial charge in [-0.2, -0.15) is 0 Å². The molecule has 0 heterocycles. The highest BCUT2D eigenvalue weighted by Gasteiger charge is 2.16. The molecule has 17 heavy (non-hydrogen) atoms. The quantitative estimate of drug-likeness (QED) is 0.419. The average molecular weight is 250 g/mol. The first-order chi connectivity index (χ1) is 7.70. The minimum absolute atomic E-state index is 0.115. The van der Waals surface area contributed by atoms with Crippen LogP contribution < -0.4 is 0 Å². The van der Waals surface area contributed by atoms with E-state index < -0.39 is 30.4 Å². The van der Waals surface area contributed by atoms with Crippen molar-refractivity contribution in [2.75, 3.05) is 7.11 Å². The van der Waals surface area contributed by atoms with Crippen molar-refractivity contribution in [1.82, 2.24) is 0 Å². The summed E-state index contributed by atoms with van der Waals surface area (Å²) in [7, 11) is 1.26. The SMILES string of the molecule is COC(=O)CC(C)=O.O=C(O)CC(O)C(=O)O. The third kappa shape index (κ3) is 14.0. The molecule has 98 valence electrons. The van der Waals surface area contributed by atoms with E-state index in [1.807, 2.05) is 0 Å². The van der Waals surface area contributed by atoms with Crippen LogP contribution in [0.3, 0.4) is 0 Å². The maximum Gasteiger partial charge on any atom is 0.333 e. The van der Waals surface area contributed by atoms with Crippen LogP contribution in [-0.4, -0.2) is 52.2 Å². The van der Waals surface area contributed by atoms with E-state index in [0.29, 0.717) is 0 Å². The number of aliphatic hydroxyl groups excluding tert-OH is 1. The van der Waals surface area contributed by atoms with Gasteiger partial charge in [-0.25, -0.2) is 4.79 Å². The van der Waals surface area contributed by atoms with Crippen molar-refractivity contribution < 1.29 is 39.2 Å². The van der Waals surface area contributed by atoms with Gasteiger partial charge in [0.15, 0.2) is 6.10 Å². The summed E-state index contributed by atoms with van der Waals surface area (Å²) in [4.78, 5) is 39.7. The van der Waals surface area contributed by atoms with E-state index in [2.05, 4.69) is 4.74 Å². The normalized spacial score (nSPS) is 10.5. The van der Waals surface area contributed by atoms with Crippen molar-refractivity contribution in [3.05, 3.63) is 0 Å². The van der Waals surface area contributed by atoms with Crippen molar-refractivity contribution >= 4 is 23.7 Å². The molecule has 0 aliphatic carbocycles. The highest BCUT2D eigenvalue weighted by molar-refractivity contribution is 5.93. The number of carboxylic acid groups (broad SMARTS) is 2. The lowest BCUT2D eigenvalue weighted by molar-refractivity contribution is -0.152. The van der Waals surface area contributed by atoms with Gasteiger partial charge < -0.3 is 20.1 Å². The molecule has 0 aliphatic rings. The van der Waals surface area contributed by atoms with Gasteiger partial charge in [-0.05, 0) is 6.92 Å². The molecule has 0 rings (SSSR count). The number of rotatable bonds is 5. The molecule has 0 spiro atoms. The zero-order valence-corrected chi connectivity index (χ0v) is 9.37. The number of Topliss-reactive ketones (excluding diaryl/α,β-unsaturated/α-hetero) is 1. The Balaban J connectivity index is 0. The second-order valence-electron chi connectivity index (χ2n) is 2.91. The van der Waals surface area contributed by atoms with Crippen molar-refractivity contribution in [3.63, 3.8) is 0 Å². The van der Waals surface area contributed by atoms with Gasteiger partial charge in [-0.1, -0.05) is 0 Å². The van der Waals surface area contributed by atoms with E-state index in [4.69, 9.17) is 15.3 Å². The fraction of sp³-hybridized carbons (Fsp3) is 0.556. The molecule has 0 amide bonds. The summed E-state index contributed by atoms with van der Waals surface area (Å²) in [6, 6.07) is 0. The zero-order chi connectivity index (χ0) is 14.0. The van der Waals surface area contributed by atoms with E-state index in [-0.39, 0.29) is 12.2 Å². The summed E-state index contributed by atoms with van der Waals surface area (Å²) in [5.74, 6) is -3.49. The number of carbonyl (C=O) groups is 4. The van der Waals surface area contributed by atoms with E-state index >= 15 is 0 Å². The van der Waals surface area contributed by atoms with Gasteiger partial charge >= 0.3 is 17.9 Å². The van der Waals surface area contributed by atoms with Crippen molar-refractivity contribution in [2.45, 2.75) is 25.9 Å². The van der Waals surface area contributed by atoms with Crippen LogP contribution in [0.25, 0.3) is 0 Å². The molecule has 3 N–H and O–H groups in total. The maximum atomic E-state index is 10.2. The van der Waals surface area contributed by atoms with Crippen LogP contribution in [-0.2, 0) is 23.9 Å². The number of ketones is 1. The summed E-state index contributed by atoms with van der Waals surface area (Å²) in [6.45, 7) is 1.34. The lowest BCUT2D eigenvalue weighted by Gasteiger charge is -1.97. The number of esters is 1. The van der Waals surface area contributed by atoms with Crippen LogP contribution in [0.1, 0.15) is 19.8 Å². The minimum atomic E-state index is -1.79. The summed E-state index contributed by atoms with van der Waals surface area (Å²) < 4.78 is 4.20. The highest BCUT2D eigenvalue weighted by atomic mass is 16.5. The van der Waals surface area contributed by atoms with Crippen molar-refractivity contribution in [3.8, 4) is 0 Å². The van der Waals surface area contributed by atoms with Gasteiger partial charge in [0.05, 0.1) is 13.5 Å². The predicted molar refractivity (Wildman–Crippen MR) is 53.2 cm³/mol. The number of carboxylic acids is 2. The Kier molecular flexibility index (Phi) is 9.52. The molecule has 1 atom stereocenters. The molecule has 0 radical (unpaired) electrons. The Morgan fingerprint density at radius 3 is 1.76 bits per heavy atom. The molecule has 8 heteroatoms. The maximum absolute atomic E-state index is 10.2. The van der Waals surface area contributed by atoms with E-state index in [0.717, 1.165) is 0 Å². The monoisotopic (exact) mass is 250 g/mol. The predicted octanol–water partition coefficient (Wildman–Crippen LogP) is -0.955. The van der Waals surface area contributed by atoms with Crippen molar-refractivity contribution in [2.24, 2.45) is 0 Å². The molecule has 0 aromatic rings. The molecule has 0 fully saturated rings. The fourth-order valence-corrected chi connectivity index (χ4v) is 0.528. The van der Waals surface area contributed by atoms with Crippen LogP contribution >= 0.6 is 0 Å². The molecule has 0 saturated carbocycles. The Hall–Kier alpha value is -1.96. The third-order valence-corrected chi connectivity index (χ3v) is 1.27. The van der Waals surface area contributed by atoms with Gasteiger partial charge in [-0.15, -0.1) is 0 Å². The summed E-state index contributed by atoms with van der Waals surface area (Å²) in [6.07, 6.45) is -2.66. The van der Waals surface area contributed by atoms with Crippen LogP contribution in [0.5, 0.6) is 0 Å². The van der Waals surface area contributed by atoms with E-state index in [1.165, 1.54) is 14.0 Å². The lowest BCUT2D eigenvalue weighted by Crippen LogP contribution is -2.22. The number of ether oxygens (including phenoxy) is 1. The van der Waals surface area contributed by atoms with Gasteiger partial charge in [0, 0.05) is 0 Å². The second-order valence-corrected chi connectivity index (χ2v) is 2.91. The van der Waals surface area contributed by atoms with E-state index in [9.17, 15) is 19.2 Å². The van der Waals surface area contributed by atoms with E-state index in [1.54, 1.807) is 0 Å². The summed E-state index contributed by atoms with van der Waals surface area (Å²) in [5.41, 5.74) is 0. The zero-order valence-electron chi connectivity index (χ0n) is 9.37. The van der Waals surface area contributed by atoms with Crippen LogP contribution in [0.15, 0.2) is 0 Å². The summed E-state index contributed by atoms with van der Waals surface area (Å²) >= 11 is 0.